The zero-order valence-electron chi connectivity index (χ0n) is 15.3. The molecule has 1 aliphatic heterocycles. The lowest BCUT2D eigenvalue weighted by Gasteiger charge is -2.23. The molecule has 1 saturated carbocycles. The maximum absolute atomic E-state index is 12.5. The Morgan fingerprint density at radius 2 is 1.88 bits per heavy atom. The van der Waals surface area contributed by atoms with E-state index in [2.05, 4.69) is 10.6 Å². The number of nitrogens with one attached hydrogen (secondary N) is 2. The number of rotatable bonds is 7. The van der Waals surface area contributed by atoms with E-state index in [0.717, 1.165) is 37.9 Å². The van der Waals surface area contributed by atoms with Crippen molar-refractivity contribution in [3.05, 3.63) is 17.7 Å². The molecule has 2 N–H and O–H groups in total. The third-order valence-electron chi connectivity index (χ3n) is 5.38. The third kappa shape index (κ3) is 3.68. The van der Waals surface area contributed by atoms with Crippen LogP contribution in [-0.2, 0) is 11.3 Å². The molecule has 1 heterocycles. The van der Waals surface area contributed by atoms with Crippen LogP contribution in [0, 0.1) is 11.3 Å². The van der Waals surface area contributed by atoms with Crippen LogP contribution in [0.2, 0.25) is 0 Å². The minimum Gasteiger partial charge on any atom is -0.493 e. The van der Waals surface area contributed by atoms with Gasteiger partial charge in [0, 0.05) is 12.5 Å². The van der Waals surface area contributed by atoms with Crippen molar-refractivity contribution in [2.24, 2.45) is 11.3 Å². The summed E-state index contributed by atoms with van der Waals surface area (Å²) in [6.07, 6.45) is 3.24. The molecule has 1 spiro atoms. The Bertz CT molecular complexity index is 601. The fourth-order valence-corrected chi connectivity index (χ4v) is 3.83. The highest BCUT2D eigenvalue weighted by Crippen LogP contribution is 2.58. The minimum absolute atomic E-state index is 0.161. The molecule has 6 heteroatoms. The Morgan fingerprint density at radius 3 is 2.44 bits per heavy atom. The standard InChI is InChI=1S/C19H28N2O4/c1-4-25-17-15(23-2)9-13(10-16(17)24-3)12-21-18(22)14-11-19(14)5-7-20-8-6-19/h9-10,14,20H,4-8,11-12H2,1-3H3,(H,21,22). The van der Waals surface area contributed by atoms with Crippen LogP contribution < -0.4 is 24.8 Å². The van der Waals surface area contributed by atoms with Crippen LogP contribution in [0.5, 0.6) is 17.2 Å². The van der Waals surface area contributed by atoms with E-state index in [1.807, 2.05) is 19.1 Å². The highest BCUT2D eigenvalue weighted by Gasteiger charge is 2.57. The zero-order valence-corrected chi connectivity index (χ0v) is 15.3. The number of carbonyl (C=O) groups is 1. The van der Waals surface area contributed by atoms with Gasteiger partial charge in [0.2, 0.25) is 11.7 Å². The Labute approximate surface area is 149 Å². The van der Waals surface area contributed by atoms with Gasteiger partial charge in [-0.3, -0.25) is 4.79 Å². The van der Waals surface area contributed by atoms with Crippen molar-refractivity contribution in [3.8, 4) is 17.2 Å². The third-order valence-corrected chi connectivity index (χ3v) is 5.38. The Balaban J connectivity index is 1.64. The van der Waals surface area contributed by atoms with Crippen LogP contribution in [0.25, 0.3) is 0 Å². The number of amides is 1. The van der Waals surface area contributed by atoms with Gasteiger partial charge in [-0.1, -0.05) is 0 Å². The molecule has 1 aromatic carbocycles. The first-order valence-corrected chi connectivity index (χ1v) is 8.99. The SMILES string of the molecule is CCOc1c(OC)cc(CNC(=O)C2CC23CCNCC3)cc1OC. The van der Waals surface area contributed by atoms with Crippen molar-refractivity contribution >= 4 is 5.91 Å². The number of hydrogen-bond donors (Lipinski definition) is 2. The molecular formula is C19H28N2O4. The first-order valence-electron chi connectivity index (χ1n) is 8.99. The molecule has 1 atom stereocenters. The van der Waals surface area contributed by atoms with Gasteiger partial charge in [0.15, 0.2) is 11.5 Å². The van der Waals surface area contributed by atoms with Gasteiger partial charge < -0.3 is 24.8 Å². The Morgan fingerprint density at radius 1 is 1.24 bits per heavy atom. The van der Waals surface area contributed by atoms with Crippen LogP contribution >= 0.6 is 0 Å². The lowest BCUT2D eigenvalue weighted by atomic mass is 9.92. The highest BCUT2D eigenvalue weighted by atomic mass is 16.5. The van der Waals surface area contributed by atoms with Crippen molar-refractivity contribution < 1.29 is 19.0 Å². The summed E-state index contributed by atoms with van der Waals surface area (Å²) in [5.74, 6) is 2.16. The minimum atomic E-state index is 0.161. The summed E-state index contributed by atoms with van der Waals surface area (Å²) in [6.45, 7) is 4.96. The molecule has 0 bridgehead atoms. The van der Waals surface area contributed by atoms with Crippen molar-refractivity contribution in [1.82, 2.24) is 10.6 Å². The molecule has 6 nitrogen and oxygen atoms in total. The van der Waals surface area contributed by atoms with Crippen LogP contribution in [-0.4, -0.2) is 39.8 Å². The van der Waals surface area contributed by atoms with Gasteiger partial charge in [-0.2, -0.15) is 0 Å². The zero-order chi connectivity index (χ0) is 17.9. The second-order valence-electron chi connectivity index (χ2n) is 6.85. The molecule has 3 rings (SSSR count). The van der Waals surface area contributed by atoms with Gasteiger partial charge in [-0.25, -0.2) is 0 Å². The van der Waals surface area contributed by atoms with Gasteiger partial charge in [0.05, 0.1) is 20.8 Å². The molecule has 138 valence electrons. The maximum atomic E-state index is 12.5. The smallest absolute Gasteiger partial charge is 0.223 e. The molecule has 1 amide bonds. The molecule has 2 aliphatic rings. The monoisotopic (exact) mass is 348 g/mol. The van der Waals surface area contributed by atoms with Gasteiger partial charge >= 0.3 is 0 Å². The average Bonchev–Trinajstić information content (AvgIpc) is 3.33. The Kier molecular flexibility index (Phi) is 5.37. The molecule has 1 aliphatic carbocycles. The second kappa shape index (κ2) is 7.52. The van der Waals surface area contributed by atoms with E-state index in [4.69, 9.17) is 14.2 Å². The number of carbonyl (C=O) groups excluding carboxylic acids is 1. The molecular weight excluding hydrogens is 320 g/mol. The topological polar surface area (TPSA) is 68.8 Å². The van der Waals surface area contributed by atoms with E-state index >= 15 is 0 Å². The summed E-state index contributed by atoms with van der Waals surface area (Å²) in [5, 5.41) is 6.44. The molecule has 2 fully saturated rings. The summed E-state index contributed by atoms with van der Waals surface area (Å²) in [7, 11) is 3.20. The first-order chi connectivity index (χ1) is 12.1. The van der Waals surface area contributed by atoms with Gasteiger partial charge in [-0.05, 0) is 62.4 Å². The number of methoxy groups -OCH3 is 2. The van der Waals surface area contributed by atoms with E-state index in [-0.39, 0.29) is 17.2 Å². The molecule has 1 unspecified atom stereocenters. The lowest BCUT2D eigenvalue weighted by molar-refractivity contribution is -0.123. The van der Waals surface area contributed by atoms with Crippen molar-refractivity contribution in [1.29, 1.82) is 0 Å². The predicted octanol–water partition coefficient (Wildman–Crippen LogP) is 2.11. The quantitative estimate of drug-likeness (QED) is 0.790. The largest absolute Gasteiger partial charge is 0.493 e. The van der Waals surface area contributed by atoms with Crippen LogP contribution in [0.3, 0.4) is 0 Å². The summed E-state index contributed by atoms with van der Waals surface area (Å²) >= 11 is 0. The summed E-state index contributed by atoms with van der Waals surface area (Å²) in [5.41, 5.74) is 1.19. The average molecular weight is 348 g/mol. The molecule has 25 heavy (non-hydrogen) atoms. The fraction of sp³-hybridized carbons (Fsp3) is 0.632. The van der Waals surface area contributed by atoms with E-state index < -0.39 is 0 Å². The number of ether oxygens (including phenoxy) is 3. The lowest BCUT2D eigenvalue weighted by Crippen LogP contribution is -2.33. The molecule has 1 saturated heterocycles. The summed E-state index contributed by atoms with van der Waals surface area (Å²) in [4.78, 5) is 12.5. The number of hydrogen-bond acceptors (Lipinski definition) is 5. The van der Waals surface area contributed by atoms with Gasteiger partial charge in [-0.15, -0.1) is 0 Å². The van der Waals surface area contributed by atoms with Gasteiger partial charge in [0.1, 0.15) is 0 Å². The van der Waals surface area contributed by atoms with Crippen molar-refractivity contribution in [3.63, 3.8) is 0 Å². The molecule has 0 aromatic heterocycles. The highest BCUT2D eigenvalue weighted by molar-refractivity contribution is 5.82. The second-order valence-corrected chi connectivity index (χ2v) is 6.85. The van der Waals surface area contributed by atoms with Crippen LogP contribution in [0.4, 0.5) is 0 Å². The van der Waals surface area contributed by atoms with Crippen LogP contribution in [0.15, 0.2) is 12.1 Å². The summed E-state index contributed by atoms with van der Waals surface area (Å²) in [6, 6.07) is 3.78. The van der Waals surface area contributed by atoms with Gasteiger partial charge in [0.25, 0.3) is 0 Å². The van der Waals surface area contributed by atoms with E-state index in [1.54, 1.807) is 14.2 Å². The summed E-state index contributed by atoms with van der Waals surface area (Å²) < 4.78 is 16.4. The fourth-order valence-electron chi connectivity index (χ4n) is 3.83. The van der Waals surface area contributed by atoms with Crippen molar-refractivity contribution in [2.75, 3.05) is 33.9 Å². The molecule has 0 radical (unpaired) electrons. The van der Waals surface area contributed by atoms with Crippen LogP contribution in [0.1, 0.15) is 31.7 Å². The van der Waals surface area contributed by atoms with Crippen molar-refractivity contribution in [2.45, 2.75) is 32.7 Å². The predicted molar refractivity (Wildman–Crippen MR) is 95.2 cm³/mol. The number of benzene rings is 1. The Hall–Kier alpha value is -1.95. The maximum Gasteiger partial charge on any atom is 0.223 e. The molecule has 1 aromatic rings. The first kappa shape index (κ1) is 17.9. The van der Waals surface area contributed by atoms with E-state index in [0.29, 0.717) is 30.4 Å². The normalized spacial score (nSPS) is 20.8. The van der Waals surface area contributed by atoms with E-state index in [1.165, 1.54) is 0 Å². The number of piperidine rings is 1. The van der Waals surface area contributed by atoms with E-state index in [9.17, 15) is 4.79 Å².